The first-order chi connectivity index (χ1) is 12.3. The fourth-order valence-corrected chi connectivity index (χ4v) is 3.68. The Labute approximate surface area is 151 Å². The Morgan fingerprint density at radius 2 is 1.96 bits per heavy atom. The Morgan fingerprint density at radius 1 is 1.16 bits per heavy atom. The molecule has 1 unspecified atom stereocenters. The first kappa shape index (κ1) is 18.2. The van der Waals surface area contributed by atoms with E-state index in [1.54, 1.807) is 0 Å². The Morgan fingerprint density at radius 3 is 2.64 bits per heavy atom. The molecule has 1 aromatic rings. The highest BCUT2D eigenvalue weighted by Crippen LogP contribution is 2.35. The number of benzene rings is 1. The second-order valence-electron chi connectivity index (χ2n) is 6.97. The van der Waals surface area contributed by atoms with Gasteiger partial charge in [0, 0.05) is 38.3 Å². The average molecular weight is 345 g/mol. The lowest BCUT2D eigenvalue weighted by atomic mass is 9.74. The van der Waals surface area contributed by atoms with Crippen LogP contribution in [0, 0.1) is 0 Å². The van der Waals surface area contributed by atoms with Gasteiger partial charge in [0.2, 0.25) is 0 Å². The van der Waals surface area contributed by atoms with Crippen LogP contribution in [0.15, 0.2) is 35.3 Å². The molecular weight excluding hydrogens is 314 g/mol. The van der Waals surface area contributed by atoms with Crippen LogP contribution in [0.2, 0.25) is 0 Å². The van der Waals surface area contributed by atoms with E-state index in [1.807, 2.05) is 0 Å². The molecule has 3 rings (SSSR count). The number of aliphatic imine (C=N–C) groups is 1. The van der Waals surface area contributed by atoms with Crippen molar-refractivity contribution in [2.75, 3.05) is 39.5 Å². The smallest absolute Gasteiger partial charge is 0.191 e. The molecule has 2 N–H and O–H groups in total. The van der Waals surface area contributed by atoms with E-state index in [-0.39, 0.29) is 5.41 Å². The number of nitrogens with zero attached hydrogens (tertiary/aromatic N) is 1. The highest BCUT2D eigenvalue weighted by Gasteiger charge is 2.34. The van der Waals surface area contributed by atoms with Crippen LogP contribution in [0.5, 0.6) is 0 Å². The third-order valence-electron chi connectivity index (χ3n) is 5.24. The summed E-state index contributed by atoms with van der Waals surface area (Å²) in [6.07, 6.45) is 4.65. The summed E-state index contributed by atoms with van der Waals surface area (Å²) in [5.74, 6) is 0.889. The van der Waals surface area contributed by atoms with Crippen molar-refractivity contribution >= 4 is 5.96 Å². The van der Waals surface area contributed by atoms with Crippen LogP contribution in [-0.2, 0) is 14.9 Å². The molecule has 1 aromatic carbocycles. The minimum Gasteiger partial charge on any atom is -0.381 e. The van der Waals surface area contributed by atoms with Gasteiger partial charge in [0.05, 0.1) is 12.6 Å². The van der Waals surface area contributed by atoms with Crippen molar-refractivity contribution in [3.05, 3.63) is 35.9 Å². The predicted molar refractivity (Wildman–Crippen MR) is 101 cm³/mol. The van der Waals surface area contributed by atoms with Crippen LogP contribution in [0.25, 0.3) is 0 Å². The molecule has 2 aliphatic heterocycles. The SMILES string of the molecule is CCNC(=NCC1(c2ccccc2)CCOCC1)NCC1CCCO1. The number of rotatable bonds is 6. The molecule has 5 heteroatoms. The summed E-state index contributed by atoms with van der Waals surface area (Å²) in [4.78, 5) is 4.93. The fourth-order valence-electron chi connectivity index (χ4n) is 3.68. The Kier molecular flexibility index (Phi) is 6.70. The van der Waals surface area contributed by atoms with Crippen molar-refractivity contribution in [3.8, 4) is 0 Å². The highest BCUT2D eigenvalue weighted by molar-refractivity contribution is 5.79. The fraction of sp³-hybridized carbons (Fsp3) is 0.650. The molecule has 0 saturated carbocycles. The van der Waals surface area contributed by atoms with Crippen molar-refractivity contribution in [3.63, 3.8) is 0 Å². The quantitative estimate of drug-likeness (QED) is 0.614. The van der Waals surface area contributed by atoms with Crippen LogP contribution in [0.4, 0.5) is 0 Å². The van der Waals surface area contributed by atoms with E-state index in [0.717, 1.165) is 71.1 Å². The number of ether oxygens (including phenoxy) is 2. The summed E-state index contributed by atoms with van der Waals surface area (Å²) in [6.45, 7) is 7.07. The molecule has 0 amide bonds. The summed E-state index contributed by atoms with van der Waals surface area (Å²) >= 11 is 0. The molecule has 1 atom stereocenters. The molecule has 25 heavy (non-hydrogen) atoms. The minimum absolute atomic E-state index is 0.0751. The molecule has 0 radical (unpaired) electrons. The van der Waals surface area contributed by atoms with E-state index < -0.39 is 0 Å². The van der Waals surface area contributed by atoms with Crippen molar-refractivity contribution in [2.24, 2.45) is 4.99 Å². The van der Waals surface area contributed by atoms with E-state index in [0.29, 0.717) is 6.10 Å². The number of hydrogen-bond donors (Lipinski definition) is 2. The lowest BCUT2D eigenvalue weighted by Crippen LogP contribution is -2.43. The lowest BCUT2D eigenvalue weighted by Gasteiger charge is -2.36. The molecule has 0 bridgehead atoms. The minimum atomic E-state index is 0.0751. The highest BCUT2D eigenvalue weighted by atomic mass is 16.5. The van der Waals surface area contributed by atoms with Gasteiger partial charge in [-0.15, -0.1) is 0 Å². The van der Waals surface area contributed by atoms with Crippen molar-refractivity contribution in [1.29, 1.82) is 0 Å². The molecule has 2 heterocycles. The van der Waals surface area contributed by atoms with Crippen LogP contribution < -0.4 is 10.6 Å². The van der Waals surface area contributed by atoms with Gasteiger partial charge in [-0.25, -0.2) is 0 Å². The van der Waals surface area contributed by atoms with Crippen LogP contribution in [-0.4, -0.2) is 51.5 Å². The molecular formula is C20H31N3O2. The number of guanidine groups is 1. The maximum atomic E-state index is 5.70. The van der Waals surface area contributed by atoms with Crippen molar-refractivity contribution in [2.45, 2.75) is 44.1 Å². The van der Waals surface area contributed by atoms with Crippen molar-refractivity contribution < 1.29 is 9.47 Å². The van der Waals surface area contributed by atoms with Gasteiger partial charge in [-0.05, 0) is 38.2 Å². The van der Waals surface area contributed by atoms with E-state index >= 15 is 0 Å². The molecule has 138 valence electrons. The second kappa shape index (κ2) is 9.20. The largest absolute Gasteiger partial charge is 0.381 e. The van der Waals surface area contributed by atoms with Crippen molar-refractivity contribution in [1.82, 2.24) is 10.6 Å². The van der Waals surface area contributed by atoms with Gasteiger partial charge in [0.15, 0.2) is 5.96 Å². The normalized spacial score (nSPS) is 23.4. The van der Waals surface area contributed by atoms with Crippen LogP contribution >= 0.6 is 0 Å². The third kappa shape index (κ3) is 4.95. The Hall–Kier alpha value is -1.59. The van der Waals surface area contributed by atoms with Crippen LogP contribution in [0.3, 0.4) is 0 Å². The first-order valence-electron chi connectivity index (χ1n) is 9.59. The summed E-state index contributed by atoms with van der Waals surface area (Å²) in [6, 6.07) is 10.8. The maximum Gasteiger partial charge on any atom is 0.191 e. The third-order valence-corrected chi connectivity index (χ3v) is 5.24. The average Bonchev–Trinajstić information content (AvgIpc) is 3.19. The van der Waals surface area contributed by atoms with Gasteiger partial charge in [-0.2, -0.15) is 0 Å². The van der Waals surface area contributed by atoms with Gasteiger partial charge >= 0.3 is 0 Å². The summed E-state index contributed by atoms with van der Waals surface area (Å²) in [5.41, 5.74) is 1.45. The molecule has 2 saturated heterocycles. The molecule has 0 spiro atoms. The molecule has 0 aromatic heterocycles. The second-order valence-corrected chi connectivity index (χ2v) is 6.97. The zero-order valence-corrected chi connectivity index (χ0v) is 15.3. The Bertz CT molecular complexity index is 535. The van der Waals surface area contributed by atoms with E-state index in [1.165, 1.54) is 5.56 Å². The van der Waals surface area contributed by atoms with Gasteiger partial charge in [-0.3, -0.25) is 4.99 Å². The summed E-state index contributed by atoms with van der Waals surface area (Å²) in [7, 11) is 0. The number of nitrogens with one attached hydrogen (secondary N) is 2. The standard InChI is InChI=1S/C20H31N3O2/c1-2-21-19(22-15-18-9-6-12-25-18)23-16-20(10-13-24-14-11-20)17-7-4-3-5-8-17/h3-5,7-8,18H,2,6,9-16H2,1H3,(H2,21,22,23). The number of hydrogen-bond acceptors (Lipinski definition) is 3. The molecule has 2 aliphatic rings. The maximum absolute atomic E-state index is 5.70. The molecule has 2 fully saturated rings. The topological polar surface area (TPSA) is 54.9 Å². The zero-order valence-electron chi connectivity index (χ0n) is 15.3. The van der Waals surface area contributed by atoms with Gasteiger partial charge in [0.25, 0.3) is 0 Å². The van der Waals surface area contributed by atoms with E-state index in [2.05, 4.69) is 47.9 Å². The Balaban J connectivity index is 1.68. The lowest BCUT2D eigenvalue weighted by molar-refractivity contribution is 0.0531. The van der Waals surface area contributed by atoms with Gasteiger partial charge in [0.1, 0.15) is 0 Å². The summed E-state index contributed by atoms with van der Waals surface area (Å²) in [5, 5.41) is 6.82. The monoisotopic (exact) mass is 345 g/mol. The van der Waals surface area contributed by atoms with E-state index in [9.17, 15) is 0 Å². The first-order valence-corrected chi connectivity index (χ1v) is 9.59. The van der Waals surface area contributed by atoms with Gasteiger partial charge < -0.3 is 20.1 Å². The van der Waals surface area contributed by atoms with E-state index in [4.69, 9.17) is 14.5 Å². The van der Waals surface area contributed by atoms with Gasteiger partial charge in [-0.1, -0.05) is 30.3 Å². The molecule has 5 nitrogen and oxygen atoms in total. The predicted octanol–water partition coefficient (Wildman–Crippen LogP) is 2.47. The molecule has 0 aliphatic carbocycles. The van der Waals surface area contributed by atoms with Crippen LogP contribution in [0.1, 0.15) is 38.2 Å². The zero-order chi connectivity index (χ0) is 17.4. The summed E-state index contributed by atoms with van der Waals surface area (Å²) < 4.78 is 11.3.